The molecule has 0 fully saturated rings. The Morgan fingerprint density at radius 2 is 1.44 bits per heavy atom. The summed E-state index contributed by atoms with van der Waals surface area (Å²) in [4.78, 5) is 32.9. The Balaban J connectivity index is 2.12. The average Bonchev–Trinajstić information content (AvgIpc) is 3.19. The maximum atomic E-state index is 11.4. The van der Waals surface area contributed by atoms with E-state index in [0.29, 0.717) is 22.3 Å². The molecule has 0 aliphatic heterocycles. The number of hydrogen-bond donors (Lipinski definition) is 1. The minimum Gasteiger partial charge on any atom is -0.481 e. The first-order chi connectivity index (χ1) is 12.1. The summed E-state index contributed by atoms with van der Waals surface area (Å²) in [5.74, 6) is -1.42. The van der Waals surface area contributed by atoms with Crippen LogP contribution in [0.4, 0.5) is 0 Å². The lowest BCUT2D eigenvalue weighted by molar-refractivity contribution is -0.136. The molecule has 1 amide bonds. The van der Waals surface area contributed by atoms with Gasteiger partial charge in [0.1, 0.15) is 18.1 Å². The van der Waals surface area contributed by atoms with Crippen LogP contribution in [-0.2, 0) is 22.4 Å². The fraction of sp³-hybridized carbons (Fsp3) is 0.143. The van der Waals surface area contributed by atoms with Crippen molar-refractivity contribution in [2.24, 2.45) is 5.18 Å². The summed E-state index contributed by atoms with van der Waals surface area (Å²) in [6.07, 6.45) is -0.614. The topological polar surface area (TPSA) is 144 Å². The van der Waals surface area contributed by atoms with Crippen molar-refractivity contribution in [2.75, 3.05) is 0 Å². The molecular weight excluding hydrogens is 330 g/mol. The first kappa shape index (κ1) is 14.8. The maximum Gasteiger partial charge on any atom is 0.311 e. The Morgan fingerprint density at radius 1 is 0.920 bits per heavy atom. The number of nitrogens with zero attached hydrogens (tertiary/aromatic N) is 7. The predicted molar refractivity (Wildman–Crippen MR) is 82.9 cm³/mol. The number of hydrogen-bond acceptors (Lipinski definition) is 7. The summed E-state index contributed by atoms with van der Waals surface area (Å²) in [5.41, 5.74) is 1.85. The Hall–Kier alpha value is -3.76. The van der Waals surface area contributed by atoms with E-state index in [1.807, 2.05) is 0 Å². The zero-order valence-corrected chi connectivity index (χ0v) is 12.5. The number of amides is 1. The lowest BCUT2D eigenvalue weighted by atomic mass is 10.2. The Morgan fingerprint density at radius 3 is 1.92 bits per heavy atom. The fourth-order valence-corrected chi connectivity index (χ4v) is 2.80. The zero-order chi connectivity index (χ0) is 17.6. The van der Waals surface area contributed by atoms with E-state index >= 15 is 0 Å². The van der Waals surface area contributed by atoms with E-state index in [4.69, 9.17) is 5.11 Å². The molecule has 4 aromatic rings. The average molecular weight is 339 g/mol. The summed E-state index contributed by atoms with van der Waals surface area (Å²) in [6, 6.07) is 7.08. The lowest BCUT2D eigenvalue weighted by Gasteiger charge is -2.07. The van der Waals surface area contributed by atoms with Gasteiger partial charge < -0.3 is 5.11 Å². The van der Waals surface area contributed by atoms with Crippen LogP contribution < -0.4 is 0 Å². The molecule has 0 saturated heterocycles. The third kappa shape index (κ3) is 2.21. The molecule has 0 spiro atoms. The normalized spacial score (nSPS) is 11.4. The van der Waals surface area contributed by atoms with Crippen molar-refractivity contribution < 1.29 is 14.7 Å². The second kappa shape index (κ2) is 5.40. The molecule has 3 aromatic heterocycles. The van der Waals surface area contributed by atoms with Crippen molar-refractivity contribution in [2.45, 2.75) is 12.8 Å². The van der Waals surface area contributed by atoms with Gasteiger partial charge in [-0.25, -0.2) is 0 Å². The van der Waals surface area contributed by atoms with Crippen LogP contribution in [0.25, 0.3) is 22.3 Å². The van der Waals surface area contributed by atoms with Gasteiger partial charge in [0.2, 0.25) is 11.3 Å². The molecule has 0 atom stereocenters. The van der Waals surface area contributed by atoms with E-state index in [1.54, 1.807) is 33.1 Å². The molecule has 1 aromatic carbocycles. The van der Waals surface area contributed by atoms with Crippen molar-refractivity contribution in [3.05, 3.63) is 40.8 Å². The van der Waals surface area contributed by atoms with Gasteiger partial charge in [0.15, 0.2) is 0 Å². The number of benzene rings is 1. The van der Waals surface area contributed by atoms with Crippen molar-refractivity contribution in [3.63, 3.8) is 0 Å². The van der Waals surface area contributed by atoms with Gasteiger partial charge in [0.25, 0.3) is 5.91 Å². The highest BCUT2D eigenvalue weighted by molar-refractivity contribution is 5.87. The molecule has 3 heterocycles. The van der Waals surface area contributed by atoms with E-state index in [0.717, 1.165) is 0 Å². The number of nitroso groups, excluding NO2 is 1. The number of carboxylic acids is 1. The van der Waals surface area contributed by atoms with Crippen LogP contribution >= 0.6 is 0 Å². The third-order valence-electron chi connectivity index (χ3n) is 3.74. The van der Waals surface area contributed by atoms with Gasteiger partial charge in [-0.1, -0.05) is 12.1 Å². The maximum absolute atomic E-state index is 11.4. The van der Waals surface area contributed by atoms with Gasteiger partial charge in [-0.2, -0.15) is 0 Å². The first-order valence-corrected chi connectivity index (χ1v) is 7.17. The highest BCUT2D eigenvalue weighted by Gasteiger charge is 2.21. The molecular formula is C14H9N7O4. The molecule has 124 valence electrons. The molecule has 25 heavy (non-hydrogen) atoms. The Bertz CT molecular complexity index is 1180. The first-order valence-electron chi connectivity index (χ1n) is 7.17. The van der Waals surface area contributed by atoms with Crippen molar-refractivity contribution in [1.29, 1.82) is 0 Å². The minimum atomic E-state index is -1.04. The van der Waals surface area contributed by atoms with E-state index in [9.17, 15) is 14.5 Å². The van der Waals surface area contributed by atoms with Crippen molar-refractivity contribution >= 4 is 34.2 Å². The molecule has 1 N–H and O–H groups in total. The van der Waals surface area contributed by atoms with Crippen LogP contribution in [0.5, 0.6) is 0 Å². The number of carbonyl (C=O) groups excluding carboxylic acids is 1. The minimum absolute atomic E-state index is 0.237. The van der Waals surface area contributed by atoms with Crippen LogP contribution in [0.2, 0.25) is 0 Å². The number of para-hydroxylation sites is 2. The zero-order valence-electron chi connectivity index (χ0n) is 12.5. The van der Waals surface area contributed by atoms with Gasteiger partial charge >= 0.3 is 5.97 Å². The molecule has 0 unspecified atom stereocenters. The predicted octanol–water partition coefficient (Wildman–Crippen LogP) is 0.388. The SMILES string of the molecule is O=NC(=O)Cc1nnc2c3nnc(CC(=O)O)n3c3ccccc3n12. The number of aromatic nitrogens is 6. The molecule has 0 saturated carbocycles. The fourth-order valence-electron chi connectivity index (χ4n) is 2.80. The summed E-state index contributed by atoms with van der Waals surface area (Å²) >= 11 is 0. The number of carboxylic acid groups (broad SMARTS) is 1. The number of carbonyl (C=O) groups is 2. The molecule has 11 nitrogen and oxygen atoms in total. The third-order valence-corrected chi connectivity index (χ3v) is 3.74. The van der Waals surface area contributed by atoms with Crippen LogP contribution in [-0.4, -0.2) is 46.2 Å². The summed E-state index contributed by atoms with van der Waals surface area (Å²) in [5, 5.41) is 27.4. The Kier molecular flexibility index (Phi) is 3.20. The van der Waals surface area contributed by atoms with Crippen LogP contribution in [0.3, 0.4) is 0 Å². The summed E-state index contributed by atoms with van der Waals surface area (Å²) < 4.78 is 3.18. The largest absolute Gasteiger partial charge is 0.481 e. The molecule has 0 radical (unpaired) electrons. The molecule has 0 bridgehead atoms. The highest BCUT2D eigenvalue weighted by atomic mass is 16.4. The second-order valence-electron chi connectivity index (χ2n) is 5.27. The summed E-state index contributed by atoms with van der Waals surface area (Å²) in [6.45, 7) is 0. The molecule has 0 aliphatic carbocycles. The van der Waals surface area contributed by atoms with Gasteiger partial charge in [-0.3, -0.25) is 18.4 Å². The molecule has 4 rings (SSSR count). The summed E-state index contributed by atoms with van der Waals surface area (Å²) in [7, 11) is 0. The van der Waals surface area contributed by atoms with Crippen molar-refractivity contribution in [3.8, 4) is 0 Å². The Labute approximate surface area is 137 Å². The van der Waals surface area contributed by atoms with Gasteiger partial charge in [-0.05, 0) is 12.1 Å². The van der Waals surface area contributed by atoms with Gasteiger partial charge in [0.05, 0.1) is 17.5 Å². The molecule has 0 aliphatic rings. The standard InChI is InChI=1S/C14H9N7O4/c22-11(19-25)5-9-15-17-13-14-18-16-10(6-12(23)24)21(14)8-4-2-1-3-7(8)20(9)13/h1-4H,5-6H2,(H,23,24). The van der Waals surface area contributed by atoms with Crippen molar-refractivity contribution in [1.82, 2.24) is 29.2 Å². The monoisotopic (exact) mass is 339 g/mol. The lowest BCUT2D eigenvalue weighted by Crippen LogP contribution is -2.08. The molecule has 11 heteroatoms. The number of rotatable bonds is 4. The highest BCUT2D eigenvalue weighted by Crippen LogP contribution is 2.23. The number of fused-ring (bicyclic) bond motifs is 6. The van der Waals surface area contributed by atoms with Crippen LogP contribution in [0, 0.1) is 4.91 Å². The quantitative estimate of drug-likeness (QED) is 0.526. The van der Waals surface area contributed by atoms with E-state index < -0.39 is 11.9 Å². The van der Waals surface area contributed by atoms with Gasteiger partial charge in [0, 0.05) is 5.18 Å². The van der Waals surface area contributed by atoms with Crippen LogP contribution in [0.1, 0.15) is 11.6 Å². The second-order valence-corrected chi connectivity index (χ2v) is 5.27. The van der Waals surface area contributed by atoms with E-state index in [2.05, 4.69) is 25.6 Å². The smallest absolute Gasteiger partial charge is 0.311 e. The van der Waals surface area contributed by atoms with E-state index in [-0.39, 0.29) is 24.5 Å². The van der Waals surface area contributed by atoms with Crippen LogP contribution in [0.15, 0.2) is 29.4 Å². The van der Waals surface area contributed by atoms with E-state index in [1.165, 1.54) is 0 Å². The van der Waals surface area contributed by atoms with Gasteiger partial charge in [-0.15, -0.1) is 25.3 Å². The number of aliphatic carboxylic acids is 1.